The predicted molar refractivity (Wildman–Crippen MR) is 92.9 cm³/mol. The summed E-state index contributed by atoms with van der Waals surface area (Å²) in [5.74, 6) is 0. The Labute approximate surface area is 140 Å². The molecule has 0 aromatic heterocycles. The van der Waals surface area contributed by atoms with Crippen molar-refractivity contribution in [2.45, 2.75) is 38.2 Å². The number of ether oxygens (including phenoxy) is 1. The normalized spacial score (nSPS) is 22.2. The van der Waals surface area contributed by atoms with Crippen LogP contribution in [-0.4, -0.2) is 62.8 Å². The van der Waals surface area contributed by atoms with E-state index < -0.39 is 15.3 Å². The quantitative estimate of drug-likeness (QED) is 0.760. The SMILES string of the molecule is Cc1cccc(CN(CCN(C)C)S(=O)(=O)[C@H]2CCO[C@H]2C)c1. The van der Waals surface area contributed by atoms with Crippen molar-refractivity contribution >= 4 is 10.0 Å². The molecule has 0 radical (unpaired) electrons. The molecule has 5 nitrogen and oxygen atoms in total. The number of sulfonamides is 1. The Morgan fingerprint density at radius 1 is 1.26 bits per heavy atom. The summed E-state index contributed by atoms with van der Waals surface area (Å²) >= 11 is 0. The molecule has 0 amide bonds. The summed E-state index contributed by atoms with van der Waals surface area (Å²) in [5, 5.41) is -0.436. The van der Waals surface area contributed by atoms with Crippen molar-refractivity contribution in [3.8, 4) is 0 Å². The van der Waals surface area contributed by atoms with E-state index in [1.807, 2.05) is 57.1 Å². The maximum atomic E-state index is 13.1. The molecule has 1 aliphatic heterocycles. The standard InChI is InChI=1S/C17H28N2O3S/c1-14-6-5-7-16(12-14)13-19(10-9-18(3)4)23(20,21)17-8-11-22-15(17)2/h5-7,12,15,17H,8-11,13H2,1-4H3/t15-,17-/m0/s1. The number of rotatable bonds is 7. The van der Waals surface area contributed by atoms with Crippen LogP contribution in [0.3, 0.4) is 0 Å². The van der Waals surface area contributed by atoms with Gasteiger partial charge in [0.25, 0.3) is 0 Å². The van der Waals surface area contributed by atoms with E-state index in [4.69, 9.17) is 4.74 Å². The molecule has 1 heterocycles. The first-order valence-corrected chi connectivity index (χ1v) is 9.62. The van der Waals surface area contributed by atoms with Gasteiger partial charge in [-0.2, -0.15) is 4.31 Å². The van der Waals surface area contributed by atoms with E-state index >= 15 is 0 Å². The Morgan fingerprint density at radius 2 is 2.00 bits per heavy atom. The lowest BCUT2D eigenvalue weighted by molar-refractivity contribution is 0.125. The Kier molecular flexibility index (Phi) is 6.19. The number of hydrogen-bond acceptors (Lipinski definition) is 4. The molecule has 130 valence electrons. The van der Waals surface area contributed by atoms with Crippen LogP contribution in [0.1, 0.15) is 24.5 Å². The molecule has 0 N–H and O–H groups in total. The second kappa shape index (κ2) is 7.75. The van der Waals surface area contributed by atoms with E-state index in [1.54, 1.807) is 4.31 Å². The van der Waals surface area contributed by atoms with Crippen molar-refractivity contribution in [2.75, 3.05) is 33.8 Å². The molecule has 2 atom stereocenters. The fraction of sp³-hybridized carbons (Fsp3) is 0.647. The Morgan fingerprint density at radius 3 is 2.57 bits per heavy atom. The third-order valence-electron chi connectivity index (χ3n) is 4.29. The van der Waals surface area contributed by atoms with Crippen LogP contribution in [0.5, 0.6) is 0 Å². The molecule has 0 unspecified atom stereocenters. The van der Waals surface area contributed by atoms with Crippen molar-refractivity contribution in [3.63, 3.8) is 0 Å². The maximum Gasteiger partial charge on any atom is 0.219 e. The van der Waals surface area contributed by atoms with Gasteiger partial charge in [-0.15, -0.1) is 0 Å². The van der Waals surface area contributed by atoms with E-state index in [1.165, 1.54) is 0 Å². The zero-order valence-electron chi connectivity index (χ0n) is 14.5. The highest BCUT2D eigenvalue weighted by Gasteiger charge is 2.39. The smallest absolute Gasteiger partial charge is 0.219 e. The van der Waals surface area contributed by atoms with E-state index in [-0.39, 0.29) is 6.10 Å². The van der Waals surface area contributed by atoms with Gasteiger partial charge in [0.2, 0.25) is 10.0 Å². The number of nitrogens with zero attached hydrogens (tertiary/aromatic N) is 2. The largest absolute Gasteiger partial charge is 0.377 e. The van der Waals surface area contributed by atoms with Gasteiger partial charge in [-0.05, 0) is 39.9 Å². The zero-order chi connectivity index (χ0) is 17.0. The first-order chi connectivity index (χ1) is 10.8. The molecular formula is C17H28N2O3S. The van der Waals surface area contributed by atoms with Gasteiger partial charge in [0.1, 0.15) is 5.25 Å². The summed E-state index contributed by atoms with van der Waals surface area (Å²) < 4.78 is 33.2. The zero-order valence-corrected chi connectivity index (χ0v) is 15.3. The third kappa shape index (κ3) is 4.76. The van der Waals surface area contributed by atoms with Crippen LogP contribution in [0.4, 0.5) is 0 Å². The maximum absolute atomic E-state index is 13.1. The Balaban J connectivity index is 2.22. The molecule has 0 aliphatic carbocycles. The molecule has 1 aromatic rings. The first kappa shape index (κ1) is 18.4. The number of hydrogen-bond donors (Lipinski definition) is 0. The fourth-order valence-electron chi connectivity index (χ4n) is 2.92. The lowest BCUT2D eigenvalue weighted by Crippen LogP contribution is -2.43. The topological polar surface area (TPSA) is 49.9 Å². The van der Waals surface area contributed by atoms with Crippen LogP contribution in [0, 0.1) is 6.92 Å². The minimum atomic E-state index is -3.38. The van der Waals surface area contributed by atoms with Crippen LogP contribution in [0.2, 0.25) is 0 Å². The summed E-state index contributed by atoms with van der Waals surface area (Å²) in [5.41, 5.74) is 2.17. The van der Waals surface area contributed by atoms with Gasteiger partial charge in [-0.1, -0.05) is 29.8 Å². The van der Waals surface area contributed by atoms with Crippen molar-refractivity contribution in [3.05, 3.63) is 35.4 Å². The van der Waals surface area contributed by atoms with E-state index in [0.29, 0.717) is 32.7 Å². The molecule has 1 aromatic carbocycles. The minimum Gasteiger partial charge on any atom is -0.377 e. The van der Waals surface area contributed by atoms with Gasteiger partial charge in [-0.3, -0.25) is 0 Å². The summed E-state index contributed by atoms with van der Waals surface area (Å²) in [7, 11) is 0.539. The van der Waals surface area contributed by atoms with Crippen LogP contribution in [0.25, 0.3) is 0 Å². The van der Waals surface area contributed by atoms with Crippen molar-refractivity contribution < 1.29 is 13.2 Å². The molecule has 2 rings (SSSR count). The third-order valence-corrected chi connectivity index (χ3v) is 6.70. The Bertz CT molecular complexity index is 616. The summed E-state index contributed by atoms with van der Waals surface area (Å²) in [6, 6.07) is 8.03. The highest BCUT2D eigenvalue weighted by molar-refractivity contribution is 7.89. The molecule has 23 heavy (non-hydrogen) atoms. The summed E-state index contributed by atoms with van der Waals surface area (Å²) in [6.45, 7) is 6.01. The van der Waals surface area contributed by atoms with Gasteiger partial charge in [-0.25, -0.2) is 8.42 Å². The van der Waals surface area contributed by atoms with Crippen molar-refractivity contribution in [2.24, 2.45) is 0 Å². The lowest BCUT2D eigenvalue weighted by Gasteiger charge is -2.28. The van der Waals surface area contributed by atoms with Crippen LogP contribution < -0.4 is 0 Å². The van der Waals surface area contributed by atoms with E-state index in [9.17, 15) is 8.42 Å². The number of likely N-dealkylation sites (N-methyl/N-ethyl adjacent to an activating group) is 1. The summed E-state index contributed by atoms with van der Waals surface area (Å²) in [4.78, 5) is 2.01. The van der Waals surface area contributed by atoms with Gasteiger partial charge in [0.05, 0.1) is 6.10 Å². The lowest BCUT2D eigenvalue weighted by atomic mass is 10.1. The van der Waals surface area contributed by atoms with Crippen LogP contribution >= 0.6 is 0 Å². The molecule has 6 heteroatoms. The molecular weight excluding hydrogens is 312 g/mol. The monoisotopic (exact) mass is 340 g/mol. The Hall–Kier alpha value is -0.950. The van der Waals surface area contributed by atoms with Gasteiger partial charge < -0.3 is 9.64 Å². The van der Waals surface area contributed by atoms with Crippen molar-refractivity contribution in [1.82, 2.24) is 9.21 Å². The van der Waals surface area contributed by atoms with Crippen molar-refractivity contribution in [1.29, 1.82) is 0 Å². The molecule has 1 saturated heterocycles. The van der Waals surface area contributed by atoms with Gasteiger partial charge in [0, 0.05) is 26.2 Å². The highest BCUT2D eigenvalue weighted by Crippen LogP contribution is 2.25. The predicted octanol–water partition coefficient (Wildman–Crippen LogP) is 1.87. The summed E-state index contributed by atoms with van der Waals surface area (Å²) in [6.07, 6.45) is 0.342. The molecule has 0 spiro atoms. The van der Waals surface area contributed by atoms with Crippen LogP contribution in [0.15, 0.2) is 24.3 Å². The second-order valence-corrected chi connectivity index (χ2v) is 8.73. The fourth-order valence-corrected chi connectivity index (χ4v) is 4.92. The number of benzene rings is 1. The number of aryl methyl sites for hydroxylation is 1. The van der Waals surface area contributed by atoms with E-state index in [0.717, 1.165) is 11.1 Å². The average molecular weight is 340 g/mol. The van der Waals surface area contributed by atoms with Gasteiger partial charge in [0.15, 0.2) is 0 Å². The highest BCUT2D eigenvalue weighted by atomic mass is 32.2. The average Bonchev–Trinajstić information content (AvgIpc) is 2.90. The molecule has 1 fully saturated rings. The first-order valence-electron chi connectivity index (χ1n) is 8.11. The second-order valence-electron chi connectivity index (χ2n) is 6.57. The van der Waals surface area contributed by atoms with Crippen LogP contribution in [-0.2, 0) is 21.3 Å². The van der Waals surface area contributed by atoms with E-state index in [2.05, 4.69) is 0 Å². The molecule has 0 bridgehead atoms. The minimum absolute atomic E-state index is 0.237. The molecule has 0 saturated carbocycles. The van der Waals surface area contributed by atoms with Gasteiger partial charge >= 0.3 is 0 Å². The molecule has 1 aliphatic rings.